The highest BCUT2D eigenvalue weighted by molar-refractivity contribution is 5.95. The lowest BCUT2D eigenvalue weighted by Gasteiger charge is -2.17. The molecule has 0 aliphatic heterocycles. The Balaban J connectivity index is 1.85. The maximum atomic E-state index is 5.74. The average Bonchev–Trinajstić information content (AvgIpc) is 3.17. The molecule has 0 bridgehead atoms. The maximum Gasteiger partial charge on any atom is 0.228 e. The fourth-order valence-corrected chi connectivity index (χ4v) is 4.06. The molecular weight excluding hydrogens is 324 g/mol. The maximum absolute atomic E-state index is 5.74. The number of rotatable bonds is 5. The van der Waals surface area contributed by atoms with Gasteiger partial charge in [0.2, 0.25) is 5.58 Å². The second-order valence-corrected chi connectivity index (χ2v) is 7.76. The summed E-state index contributed by atoms with van der Waals surface area (Å²) in [6, 6.07) is 4.35. The molecule has 1 aromatic carbocycles. The van der Waals surface area contributed by atoms with Crippen LogP contribution in [0.1, 0.15) is 55.1 Å². The Morgan fingerprint density at radius 2 is 1.77 bits per heavy atom. The van der Waals surface area contributed by atoms with Crippen molar-refractivity contribution < 1.29 is 4.52 Å². The van der Waals surface area contributed by atoms with Gasteiger partial charge in [-0.3, -0.25) is 0 Å². The molecule has 0 spiro atoms. The van der Waals surface area contributed by atoms with Crippen LogP contribution in [0.4, 0.5) is 5.82 Å². The van der Waals surface area contributed by atoms with E-state index >= 15 is 0 Å². The number of nitrogens with one attached hydrogen (secondary N) is 1. The lowest BCUT2D eigenvalue weighted by molar-refractivity contribution is 0.458. The van der Waals surface area contributed by atoms with Crippen molar-refractivity contribution in [2.45, 2.75) is 65.8 Å². The van der Waals surface area contributed by atoms with Crippen LogP contribution in [0.15, 0.2) is 16.7 Å². The SMILES string of the molecule is CCCC1(Nc2nc(C)nc3c(-c4c(C)cc(C)cc4C)noc23)CC1. The third-order valence-corrected chi connectivity index (χ3v) is 5.31. The Kier molecular flexibility index (Phi) is 3.98. The van der Waals surface area contributed by atoms with Gasteiger partial charge < -0.3 is 9.84 Å². The molecule has 5 heteroatoms. The number of hydrogen-bond donors (Lipinski definition) is 1. The third-order valence-electron chi connectivity index (χ3n) is 5.31. The van der Waals surface area contributed by atoms with Gasteiger partial charge in [-0.25, -0.2) is 9.97 Å². The summed E-state index contributed by atoms with van der Waals surface area (Å²) >= 11 is 0. The molecular formula is C21H26N4O. The molecule has 1 N–H and O–H groups in total. The molecule has 1 fully saturated rings. The normalized spacial score (nSPS) is 15.4. The van der Waals surface area contributed by atoms with Gasteiger partial charge in [-0.1, -0.05) is 36.2 Å². The van der Waals surface area contributed by atoms with E-state index < -0.39 is 0 Å². The van der Waals surface area contributed by atoms with Crippen LogP contribution in [-0.4, -0.2) is 20.7 Å². The minimum atomic E-state index is 0.172. The van der Waals surface area contributed by atoms with Crippen molar-refractivity contribution in [3.63, 3.8) is 0 Å². The summed E-state index contributed by atoms with van der Waals surface area (Å²) in [4.78, 5) is 9.29. The van der Waals surface area contributed by atoms with E-state index in [1.807, 2.05) is 6.92 Å². The zero-order chi connectivity index (χ0) is 18.5. The van der Waals surface area contributed by atoms with Crippen LogP contribution in [0, 0.1) is 27.7 Å². The predicted molar refractivity (Wildman–Crippen MR) is 104 cm³/mol. The van der Waals surface area contributed by atoms with Gasteiger partial charge in [-0.2, -0.15) is 0 Å². The van der Waals surface area contributed by atoms with E-state index in [-0.39, 0.29) is 5.54 Å². The summed E-state index contributed by atoms with van der Waals surface area (Å²) in [6.45, 7) is 10.5. The van der Waals surface area contributed by atoms with E-state index in [0.717, 1.165) is 41.3 Å². The van der Waals surface area contributed by atoms with Crippen molar-refractivity contribution >= 4 is 16.9 Å². The fourth-order valence-electron chi connectivity index (χ4n) is 4.06. The van der Waals surface area contributed by atoms with Crippen LogP contribution in [0.3, 0.4) is 0 Å². The van der Waals surface area contributed by atoms with Crippen molar-refractivity contribution in [1.29, 1.82) is 0 Å². The van der Waals surface area contributed by atoms with Gasteiger partial charge >= 0.3 is 0 Å². The second-order valence-electron chi connectivity index (χ2n) is 7.76. The van der Waals surface area contributed by atoms with E-state index in [1.165, 1.54) is 29.5 Å². The summed E-state index contributed by atoms with van der Waals surface area (Å²) < 4.78 is 5.74. The van der Waals surface area contributed by atoms with Crippen LogP contribution in [0.5, 0.6) is 0 Å². The van der Waals surface area contributed by atoms with Crippen molar-refractivity contribution in [2.75, 3.05) is 5.32 Å². The predicted octanol–water partition coefficient (Wildman–Crippen LogP) is 5.26. The lowest BCUT2D eigenvalue weighted by atomic mass is 9.97. The van der Waals surface area contributed by atoms with E-state index in [0.29, 0.717) is 5.58 Å². The summed E-state index contributed by atoms with van der Waals surface area (Å²) in [6.07, 6.45) is 4.67. The Morgan fingerprint density at radius 1 is 1.08 bits per heavy atom. The Bertz CT molecular complexity index is 962. The Hall–Kier alpha value is -2.43. The first-order chi connectivity index (χ1) is 12.4. The molecule has 4 rings (SSSR count). The van der Waals surface area contributed by atoms with Gasteiger partial charge in [-0.05, 0) is 58.1 Å². The molecule has 0 radical (unpaired) electrons. The van der Waals surface area contributed by atoms with Crippen molar-refractivity contribution in [3.8, 4) is 11.3 Å². The molecule has 136 valence electrons. The fraction of sp³-hybridized carbons (Fsp3) is 0.476. The second kappa shape index (κ2) is 6.08. The average molecular weight is 350 g/mol. The number of aromatic nitrogens is 3. The molecule has 0 saturated heterocycles. The smallest absolute Gasteiger partial charge is 0.228 e. The molecule has 1 aliphatic rings. The highest BCUT2D eigenvalue weighted by Gasteiger charge is 2.42. The summed E-state index contributed by atoms with van der Waals surface area (Å²) in [5.74, 6) is 1.51. The summed E-state index contributed by atoms with van der Waals surface area (Å²) in [5.41, 5.74) is 7.17. The van der Waals surface area contributed by atoms with Crippen LogP contribution >= 0.6 is 0 Å². The summed E-state index contributed by atoms with van der Waals surface area (Å²) in [5, 5.41) is 8.03. The van der Waals surface area contributed by atoms with Crippen LogP contribution in [-0.2, 0) is 0 Å². The number of fused-ring (bicyclic) bond motifs is 1. The molecule has 1 aliphatic carbocycles. The van der Waals surface area contributed by atoms with Gasteiger partial charge in [0.15, 0.2) is 5.82 Å². The summed E-state index contributed by atoms with van der Waals surface area (Å²) in [7, 11) is 0. The van der Waals surface area contributed by atoms with Gasteiger partial charge in [0.05, 0.1) is 0 Å². The Labute approximate surface area is 154 Å². The lowest BCUT2D eigenvalue weighted by Crippen LogP contribution is -2.21. The number of nitrogens with zero attached hydrogens (tertiary/aromatic N) is 3. The van der Waals surface area contributed by atoms with E-state index in [2.05, 4.69) is 60.3 Å². The van der Waals surface area contributed by atoms with E-state index in [9.17, 15) is 0 Å². The standard InChI is InChI=1S/C21H26N4O/c1-6-7-21(8-9-21)24-20-19-18(22-15(5)23-20)17(25-26-19)16-13(3)10-12(2)11-14(16)4/h10-11H,6-9H2,1-5H3,(H,22,23,24). The molecule has 0 unspecified atom stereocenters. The van der Waals surface area contributed by atoms with Crippen LogP contribution in [0.25, 0.3) is 22.4 Å². The van der Waals surface area contributed by atoms with Gasteiger partial charge in [0, 0.05) is 11.1 Å². The number of aryl methyl sites for hydroxylation is 4. The molecule has 2 aromatic heterocycles. The highest BCUT2D eigenvalue weighted by atomic mass is 16.5. The molecule has 1 saturated carbocycles. The topological polar surface area (TPSA) is 63.8 Å². The molecule has 3 aromatic rings. The van der Waals surface area contributed by atoms with Gasteiger partial charge in [0.1, 0.15) is 17.0 Å². The largest absolute Gasteiger partial charge is 0.361 e. The quantitative estimate of drug-likeness (QED) is 0.679. The highest BCUT2D eigenvalue weighted by Crippen LogP contribution is 2.44. The first kappa shape index (κ1) is 17.0. The first-order valence-corrected chi connectivity index (χ1v) is 9.43. The minimum absolute atomic E-state index is 0.172. The van der Waals surface area contributed by atoms with Crippen molar-refractivity contribution in [2.24, 2.45) is 0 Å². The first-order valence-electron chi connectivity index (χ1n) is 9.43. The molecule has 0 atom stereocenters. The number of benzene rings is 1. The minimum Gasteiger partial charge on any atom is -0.361 e. The zero-order valence-electron chi connectivity index (χ0n) is 16.2. The van der Waals surface area contributed by atoms with Crippen molar-refractivity contribution in [3.05, 3.63) is 34.6 Å². The van der Waals surface area contributed by atoms with Gasteiger partial charge in [0.25, 0.3) is 0 Å². The molecule has 26 heavy (non-hydrogen) atoms. The monoisotopic (exact) mass is 350 g/mol. The van der Waals surface area contributed by atoms with Crippen LogP contribution in [0.2, 0.25) is 0 Å². The van der Waals surface area contributed by atoms with E-state index in [4.69, 9.17) is 4.52 Å². The van der Waals surface area contributed by atoms with E-state index in [1.54, 1.807) is 0 Å². The number of hydrogen-bond acceptors (Lipinski definition) is 5. The molecule has 5 nitrogen and oxygen atoms in total. The number of anilines is 1. The zero-order valence-corrected chi connectivity index (χ0v) is 16.2. The van der Waals surface area contributed by atoms with Crippen molar-refractivity contribution in [1.82, 2.24) is 15.1 Å². The molecule has 0 amide bonds. The molecule has 2 heterocycles. The van der Waals surface area contributed by atoms with Crippen LogP contribution < -0.4 is 5.32 Å². The third kappa shape index (κ3) is 2.85. The van der Waals surface area contributed by atoms with Gasteiger partial charge in [-0.15, -0.1) is 0 Å². The Morgan fingerprint density at radius 3 is 2.38 bits per heavy atom.